The van der Waals surface area contributed by atoms with Crippen molar-refractivity contribution in [3.63, 3.8) is 0 Å². The third-order valence-electron chi connectivity index (χ3n) is 5.61. The van der Waals surface area contributed by atoms with E-state index in [1.807, 2.05) is 0 Å². The van der Waals surface area contributed by atoms with Crippen molar-refractivity contribution < 1.29 is 19.5 Å². The van der Waals surface area contributed by atoms with E-state index in [2.05, 4.69) is 24.3 Å². The van der Waals surface area contributed by atoms with Gasteiger partial charge in [0.25, 0.3) is 0 Å². The first-order valence-electron chi connectivity index (χ1n) is 8.27. The summed E-state index contributed by atoms with van der Waals surface area (Å²) in [5.41, 5.74) is 0. The molecule has 0 aliphatic heterocycles. The van der Waals surface area contributed by atoms with Crippen LogP contribution in [0.15, 0.2) is 24.3 Å². The van der Waals surface area contributed by atoms with Crippen LogP contribution >= 0.6 is 0 Å². The van der Waals surface area contributed by atoms with Crippen LogP contribution in [-0.4, -0.2) is 0 Å². The van der Waals surface area contributed by atoms with Gasteiger partial charge in [0.15, 0.2) is 0 Å². The van der Waals surface area contributed by atoms with Gasteiger partial charge in [-0.2, -0.15) is 0 Å². The second kappa shape index (κ2) is 10.8. The van der Waals surface area contributed by atoms with Crippen molar-refractivity contribution in [3.8, 4) is 0 Å². The third-order valence-corrected chi connectivity index (χ3v) is 5.61. The maximum absolute atomic E-state index is 2.45. The van der Waals surface area contributed by atoms with Crippen LogP contribution in [0.25, 0.3) is 0 Å². The Labute approximate surface area is 146 Å². The molecule has 2 saturated carbocycles. The van der Waals surface area contributed by atoms with Crippen LogP contribution in [0.5, 0.6) is 0 Å². The molecule has 0 amide bonds. The van der Waals surface area contributed by atoms with Gasteiger partial charge in [-0.05, 0) is 75.0 Å². The normalized spacial score (nSPS) is 35.0. The van der Waals surface area contributed by atoms with Crippen molar-refractivity contribution in [2.24, 2.45) is 23.7 Å². The Morgan fingerprint density at radius 3 is 1.38 bits per heavy atom. The fourth-order valence-corrected chi connectivity index (χ4v) is 4.52. The van der Waals surface area contributed by atoms with Crippen LogP contribution in [0.2, 0.25) is 0 Å². The summed E-state index contributed by atoms with van der Waals surface area (Å²) in [5.74, 6) is 4.13. The Kier molecular flexibility index (Phi) is 10.8. The predicted octanol–water partition coefficient (Wildman–Crippen LogP) is 6.40. The van der Waals surface area contributed by atoms with Crippen molar-refractivity contribution in [3.05, 3.63) is 39.2 Å². The van der Waals surface area contributed by atoms with Gasteiger partial charge in [-0.3, -0.25) is 0 Å². The zero-order valence-corrected chi connectivity index (χ0v) is 15.8. The number of fused-ring (bicyclic) bond motifs is 2. The van der Waals surface area contributed by atoms with Crippen molar-refractivity contribution in [1.29, 1.82) is 0 Å². The molecule has 0 nitrogen and oxygen atoms in total. The minimum atomic E-state index is 0. The second-order valence-electron chi connectivity index (χ2n) is 6.72. The van der Waals surface area contributed by atoms with E-state index in [1.54, 1.807) is 0 Å². The molecule has 122 valence electrons. The first kappa shape index (κ1) is 21.1. The van der Waals surface area contributed by atoms with Gasteiger partial charge < -0.3 is 14.9 Å². The topological polar surface area (TPSA) is 0 Å². The summed E-state index contributed by atoms with van der Waals surface area (Å²) < 4.78 is 0. The maximum Gasteiger partial charge on any atom is 2.00 e. The number of allylic oxidation sites excluding steroid dienone is 4. The van der Waals surface area contributed by atoms with E-state index in [-0.39, 0.29) is 34.3 Å². The van der Waals surface area contributed by atoms with Crippen molar-refractivity contribution in [2.45, 2.75) is 64.2 Å². The Hall–Kier alpha value is 0.103. The maximum atomic E-state index is 2.45. The molecule has 4 aliphatic rings. The molecule has 4 rings (SSSR count). The van der Waals surface area contributed by atoms with Crippen LogP contribution in [0, 0.1) is 38.5 Å². The van der Waals surface area contributed by atoms with Gasteiger partial charge in [0.1, 0.15) is 0 Å². The van der Waals surface area contributed by atoms with E-state index in [0.29, 0.717) is 0 Å². The van der Waals surface area contributed by atoms with Crippen LogP contribution in [0.3, 0.4) is 0 Å². The summed E-state index contributed by atoms with van der Waals surface area (Å²) in [7, 11) is 0. The molecular weight excluding hydrogens is 341 g/mol. The molecular formula is C20H34Ru. The Morgan fingerprint density at radius 1 is 0.571 bits per heavy atom. The Balaban J connectivity index is 0.000000333. The first-order valence-corrected chi connectivity index (χ1v) is 8.27. The zero-order valence-electron chi connectivity index (χ0n) is 14.0. The first-order chi connectivity index (χ1) is 8.93. The van der Waals surface area contributed by atoms with E-state index in [0.717, 1.165) is 23.7 Å². The summed E-state index contributed by atoms with van der Waals surface area (Å²) in [6.45, 7) is 0. The molecule has 4 aliphatic carbocycles. The number of rotatable bonds is 0. The molecule has 0 aromatic heterocycles. The van der Waals surface area contributed by atoms with E-state index < -0.39 is 0 Å². The average molecular weight is 376 g/mol. The number of hydrogen-bond acceptors (Lipinski definition) is 0. The summed E-state index contributed by atoms with van der Waals surface area (Å²) >= 11 is 0. The van der Waals surface area contributed by atoms with Gasteiger partial charge in [0.05, 0.1) is 0 Å². The zero-order chi connectivity index (χ0) is 12.2. The Morgan fingerprint density at radius 2 is 1.00 bits per heavy atom. The number of hydrogen-bond donors (Lipinski definition) is 0. The smallest absolute Gasteiger partial charge is 0.358 e. The molecule has 0 aromatic rings. The van der Waals surface area contributed by atoms with Crippen molar-refractivity contribution in [2.75, 3.05) is 0 Å². The third kappa shape index (κ3) is 5.66. The molecule has 0 bridgehead atoms. The van der Waals surface area contributed by atoms with Crippen LogP contribution in [-0.2, 0) is 19.5 Å². The monoisotopic (exact) mass is 376 g/mol. The van der Waals surface area contributed by atoms with Crippen molar-refractivity contribution >= 4 is 0 Å². The van der Waals surface area contributed by atoms with Gasteiger partial charge in [0.2, 0.25) is 0 Å². The Bertz CT molecular complexity index is 286. The minimum Gasteiger partial charge on any atom is -0.358 e. The van der Waals surface area contributed by atoms with E-state index >= 15 is 0 Å². The van der Waals surface area contributed by atoms with E-state index in [1.165, 1.54) is 64.2 Å². The molecule has 0 N–H and O–H groups in total. The summed E-state index contributed by atoms with van der Waals surface area (Å²) in [4.78, 5) is 0. The quantitative estimate of drug-likeness (QED) is 0.261. The van der Waals surface area contributed by atoms with Crippen LogP contribution < -0.4 is 0 Å². The molecule has 0 aromatic carbocycles. The van der Waals surface area contributed by atoms with Crippen LogP contribution in [0.1, 0.15) is 64.2 Å². The molecule has 4 unspecified atom stereocenters. The molecule has 0 spiro atoms. The standard InChI is InChI=1S/2C9H14.2CH3.Ru/c2*1-2-5-9-7-3-6-8(9)4-1;;;/h2*1,4,8-9H,2-3,5-7H2;2*1H3;/q;;2*-1;+2. The molecule has 0 saturated heterocycles. The van der Waals surface area contributed by atoms with E-state index in [4.69, 9.17) is 0 Å². The van der Waals surface area contributed by atoms with Gasteiger partial charge in [-0.25, -0.2) is 0 Å². The predicted molar refractivity (Wildman–Crippen MR) is 91.2 cm³/mol. The van der Waals surface area contributed by atoms with Gasteiger partial charge in [0, 0.05) is 0 Å². The molecule has 1 heteroatoms. The van der Waals surface area contributed by atoms with Gasteiger partial charge in [-0.15, -0.1) is 0 Å². The molecule has 2 fully saturated rings. The minimum absolute atomic E-state index is 0. The summed E-state index contributed by atoms with van der Waals surface area (Å²) in [5, 5.41) is 0. The molecule has 21 heavy (non-hydrogen) atoms. The van der Waals surface area contributed by atoms with Crippen molar-refractivity contribution in [1.82, 2.24) is 0 Å². The van der Waals surface area contributed by atoms with Gasteiger partial charge >= 0.3 is 19.5 Å². The fourth-order valence-electron chi connectivity index (χ4n) is 4.52. The summed E-state index contributed by atoms with van der Waals surface area (Å²) in [6, 6.07) is 0. The SMILES string of the molecule is C1=CC2CCCC2CC1.C1=CC2CCCC2CC1.[CH3-].[CH3-].[Ru+2]. The van der Waals surface area contributed by atoms with Crippen LogP contribution in [0.4, 0.5) is 0 Å². The fraction of sp³-hybridized carbons (Fsp3) is 0.700. The molecule has 4 atom stereocenters. The largest absolute Gasteiger partial charge is 2.00 e. The average Bonchev–Trinajstić information content (AvgIpc) is 3.08. The second-order valence-corrected chi connectivity index (χ2v) is 6.72. The summed E-state index contributed by atoms with van der Waals surface area (Å²) in [6.07, 6.45) is 24.2. The molecule has 0 heterocycles. The molecule has 0 radical (unpaired) electrons. The van der Waals surface area contributed by atoms with E-state index in [9.17, 15) is 0 Å². The van der Waals surface area contributed by atoms with Gasteiger partial charge in [-0.1, -0.05) is 37.1 Å².